The molecule has 0 aliphatic heterocycles. The molecule has 3 nitrogen and oxygen atoms in total. The molecule has 106 valence electrons. The lowest BCUT2D eigenvalue weighted by Crippen LogP contribution is -2.13. The van der Waals surface area contributed by atoms with Gasteiger partial charge < -0.3 is 14.8 Å². The monoisotopic (exact) mass is 291 g/mol. The zero-order chi connectivity index (χ0) is 14.4. The van der Waals surface area contributed by atoms with Crippen LogP contribution in [-0.4, -0.2) is 14.2 Å². The van der Waals surface area contributed by atoms with Crippen LogP contribution in [0.5, 0.6) is 11.5 Å². The second kappa shape index (κ2) is 7.17. The SMILES string of the molecule is COc1cccc(CNCc2ccccc2Cl)c1OC. The highest BCUT2D eigenvalue weighted by Crippen LogP contribution is 2.30. The van der Waals surface area contributed by atoms with Crippen LogP contribution in [0.4, 0.5) is 0 Å². The molecule has 0 spiro atoms. The molecule has 0 bridgehead atoms. The van der Waals surface area contributed by atoms with Gasteiger partial charge in [0.25, 0.3) is 0 Å². The summed E-state index contributed by atoms with van der Waals surface area (Å²) in [6, 6.07) is 13.7. The van der Waals surface area contributed by atoms with Gasteiger partial charge in [0.05, 0.1) is 14.2 Å². The second-order valence-corrected chi connectivity index (χ2v) is 4.75. The van der Waals surface area contributed by atoms with E-state index in [1.165, 1.54) is 0 Å². The third-order valence-electron chi connectivity index (χ3n) is 3.07. The molecule has 2 aromatic carbocycles. The van der Waals surface area contributed by atoms with Crippen molar-refractivity contribution in [2.75, 3.05) is 14.2 Å². The van der Waals surface area contributed by atoms with E-state index in [1.807, 2.05) is 42.5 Å². The lowest BCUT2D eigenvalue weighted by Gasteiger charge is -2.13. The van der Waals surface area contributed by atoms with Crippen molar-refractivity contribution in [1.29, 1.82) is 0 Å². The van der Waals surface area contributed by atoms with E-state index >= 15 is 0 Å². The molecule has 2 rings (SSSR count). The molecule has 0 amide bonds. The predicted molar refractivity (Wildman–Crippen MR) is 81.5 cm³/mol. The van der Waals surface area contributed by atoms with Crippen LogP contribution in [0.2, 0.25) is 5.02 Å². The van der Waals surface area contributed by atoms with Gasteiger partial charge in [-0.1, -0.05) is 41.9 Å². The molecule has 20 heavy (non-hydrogen) atoms. The average molecular weight is 292 g/mol. The molecule has 0 radical (unpaired) electrons. The fraction of sp³-hybridized carbons (Fsp3) is 0.250. The minimum absolute atomic E-state index is 0.686. The number of nitrogens with one attached hydrogen (secondary N) is 1. The fourth-order valence-corrected chi connectivity index (χ4v) is 2.27. The Morgan fingerprint density at radius 2 is 1.60 bits per heavy atom. The summed E-state index contributed by atoms with van der Waals surface area (Å²) >= 11 is 6.13. The van der Waals surface area contributed by atoms with Gasteiger partial charge in [0.2, 0.25) is 0 Å². The van der Waals surface area contributed by atoms with E-state index in [2.05, 4.69) is 5.32 Å². The Labute approximate surface area is 124 Å². The van der Waals surface area contributed by atoms with Crippen LogP contribution < -0.4 is 14.8 Å². The van der Waals surface area contributed by atoms with Crippen molar-refractivity contribution in [2.24, 2.45) is 0 Å². The van der Waals surface area contributed by atoms with Gasteiger partial charge in [-0.2, -0.15) is 0 Å². The molecule has 0 aliphatic carbocycles. The van der Waals surface area contributed by atoms with Gasteiger partial charge in [0.1, 0.15) is 0 Å². The highest BCUT2D eigenvalue weighted by molar-refractivity contribution is 6.31. The Kier molecular flexibility index (Phi) is 5.27. The zero-order valence-electron chi connectivity index (χ0n) is 11.7. The van der Waals surface area contributed by atoms with Crippen molar-refractivity contribution in [1.82, 2.24) is 5.32 Å². The molecule has 0 saturated carbocycles. The van der Waals surface area contributed by atoms with Crippen LogP contribution in [0.3, 0.4) is 0 Å². The number of benzene rings is 2. The average Bonchev–Trinajstić information content (AvgIpc) is 2.48. The molecule has 0 aromatic heterocycles. The van der Waals surface area contributed by atoms with Crippen LogP contribution in [-0.2, 0) is 13.1 Å². The molecule has 0 heterocycles. The quantitative estimate of drug-likeness (QED) is 0.881. The van der Waals surface area contributed by atoms with E-state index in [9.17, 15) is 0 Å². The normalized spacial score (nSPS) is 10.3. The summed E-state index contributed by atoms with van der Waals surface area (Å²) in [5.41, 5.74) is 2.13. The van der Waals surface area contributed by atoms with E-state index in [0.717, 1.165) is 27.6 Å². The van der Waals surface area contributed by atoms with Crippen molar-refractivity contribution in [3.05, 3.63) is 58.6 Å². The summed E-state index contributed by atoms with van der Waals surface area (Å²) in [5, 5.41) is 4.14. The molecule has 0 aliphatic rings. The Balaban J connectivity index is 2.03. The van der Waals surface area contributed by atoms with Gasteiger partial charge in [-0.3, -0.25) is 0 Å². The van der Waals surface area contributed by atoms with Crippen molar-refractivity contribution in [3.8, 4) is 11.5 Å². The molecule has 1 N–H and O–H groups in total. The molecule has 2 aromatic rings. The third kappa shape index (κ3) is 3.44. The minimum Gasteiger partial charge on any atom is -0.493 e. The first-order valence-corrected chi connectivity index (χ1v) is 6.78. The predicted octanol–water partition coefficient (Wildman–Crippen LogP) is 3.65. The summed E-state index contributed by atoms with van der Waals surface area (Å²) in [4.78, 5) is 0. The molecule has 0 unspecified atom stereocenters. The van der Waals surface area contributed by atoms with Crippen LogP contribution in [0.15, 0.2) is 42.5 Å². The zero-order valence-corrected chi connectivity index (χ0v) is 12.4. The van der Waals surface area contributed by atoms with Gasteiger partial charge in [0, 0.05) is 23.7 Å². The lowest BCUT2D eigenvalue weighted by molar-refractivity contribution is 0.350. The molecule has 0 atom stereocenters. The molecular weight excluding hydrogens is 274 g/mol. The number of methoxy groups -OCH3 is 2. The topological polar surface area (TPSA) is 30.5 Å². The number of rotatable bonds is 6. The smallest absolute Gasteiger partial charge is 0.165 e. The summed E-state index contributed by atoms with van der Waals surface area (Å²) < 4.78 is 10.7. The van der Waals surface area contributed by atoms with E-state index in [-0.39, 0.29) is 0 Å². The lowest BCUT2D eigenvalue weighted by atomic mass is 10.1. The van der Waals surface area contributed by atoms with Crippen LogP contribution in [0.1, 0.15) is 11.1 Å². The van der Waals surface area contributed by atoms with Crippen LogP contribution in [0.25, 0.3) is 0 Å². The first kappa shape index (κ1) is 14.7. The summed E-state index contributed by atoms with van der Waals surface area (Å²) in [6.07, 6.45) is 0. The maximum Gasteiger partial charge on any atom is 0.165 e. The van der Waals surface area contributed by atoms with Crippen molar-refractivity contribution in [2.45, 2.75) is 13.1 Å². The molecule has 4 heteroatoms. The summed E-state index contributed by atoms with van der Waals surface area (Å²) in [6.45, 7) is 1.39. The Bertz CT molecular complexity index is 572. The van der Waals surface area contributed by atoms with E-state index in [0.29, 0.717) is 13.1 Å². The van der Waals surface area contributed by atoms with Gasteiger partial charge in [-0.05, 0) is 17.7 Å². The van der Waals surface area contributed by atoms with Crippen molar-refractivity contribution < 1.29 is 9.47 Å². The molecule has 0 fully saturated rings. The highest BCUT2D eigenvalue weighted by atomic mass is 35.5. The van der Waals surface area contributed by atoms with Crippen LogP contribution >= 0.6 is 11.6 Å². The number of halogens is 1. The van der Waals surface area contributed by atoms with Gasteiger partial charge in [0.15, 0.2) is 11.5 Å². The number of ether oxygens (including phenoxy) is 2. The molecule has 0 saturated heterocycles. The fourth-order valence-electron chi connectivity index (χ4n) is 2.07. The second-order valence-electron chi connectivity index (χ2n) is 4.35. The van der Waals surface area contributed by atoms with Crippen molar-refractivity contribution in [3.63, 3.8) is 0 Å². The minimum atomic E-state index is 0.686. The maximum absolute atomic E-state index is 6.13. The maximum atomic E-state index is 6.13. The largest absolute Gasteiger partial charge is 0.493 e. The first-order chi connectivity index (χ1) is 9.76. The van der Waals surface area contributed by atoms with Crippen LogP contribution in [0, 0.1) is 0 Å². The summed E-state index contributed by atoms with van der Waals surface area (Å²) in [7, 11) is 3.29. The van der Waals surface area contributed by atoms with Gasteiger partial charge >= 0.3 is 0 Å². The molecular formula is C16H18ClNO2. The van der Waals surface area contributed by atoms with Gasteiger partial charge in [-0.15, -0.1) is 0 Å². The standard InChI is InChI=1S/C16H18ClNO2/c1-19-15-9-5-7-13(16(15)20-2)11-18-10-12-6-3-4-8-14(12)17/h3-9,18H,10-11H2,1-2H3. The Morgan fingerprint density at radius 1 is 0.900 bits per heavy atom. The number of para-hydroxylation sites is 1. The summed E-state index contributed by atoms with van der Waals surface area (Å²) in [5.74, 6) is 1.51. The van der Waals surface area contributed by atoms with E-state index < -0.39 is 0 Å². The van der Waals surface area contributed by atoms with E-state index in [1.54, 1.807) is 14.2 Å². The first-order valence-electron chi connectivity index (χ1n) is 6.40. The number of hydrogen-bond donors (Lipinski definition) is 1. The van der Waals surface area contributed by atoms with Gasteiger partial charge in [-0.25, -0.2) is 0 Å². The van der Waals surface area contributed by atoms with E-state index in [4.69, 9.17) is 21.1 Å². The highest BCUT2D eigenvalue weighted by Gasteiger charge is 2.09. The third-order valence-corrected chi connectivity index (χ3v) is 3.44. The Hall–Kier alpha value is -1.71. The van der Waals surface area contributed by atoms with Crippen molar-refractivity contribution >= 4 is 11.6 Å². The Morgan fingerprint density at radius 3 is 2.30 bits per heavy atom. The number of hydrogen-bond acceptors (Lipinski definition) is 3.